The van der Waals surface area contributed by atoms with Crippen molar-refractivity contribution in [2.75, 3.05) is 11.9 Å². The molecule has 0 aliphatic carbocycles. The van der Waals surface area contributed by atoms with Crippen LogP contribution in [0.2, 0.25) is 0 Å². The van der Waals surface area contributed by atoms with Crippen molar-refractivity contribution in [2.24, 2.45) is 0 Å². The third-order valence-electron chi connectivity index (χ3n) is 2.84. The highest BCUT2D eigenvalue weighted by molar-refractivity contribution is 5.94. The Labute approximate surface area is 123 Å². The standard InChI is InChI=1S/C16H16N4O/c1-2-7-19-16(21)13-8-15(11-18-10-13)20-14-5-3-12(9-17)4-6-14/h3-6,8,10-11,20H,2,7H2,1H3,(H,19,21). The molecule has 21 heavy (non-hydrogen) atoms. The van der Waals surface area contributed by atoms with Crippen molar-refractivity contribution in [3.05, 3.63) is 53.9 Å². The van der Waals surface area contributed by atoms with Crippen molar-refractivity contribution in [3.63, 3.8) is 0 Å². The van der Waals surface area contributed by atoms with Gasteiger partial charge in [-0.1, -0.05) is 6.92 Å². The first-order valence-corrected chi connectivity index (χ1v) is 6.73. The van der Waals surface area contributed by atoms with Crippen LogP contribution in [-0.2, 0) is 0 Å². The zero-order valence-electron chi connectivity index (χ0n) is 11.8. The fourth-order valence-corrected chi connectivity index (χ4v) is 1.77. The maximum Gasteiger partial charge on any atom is 0.252 e. The number of nitrogens with one attached hydrogen (secondary N) is 2. The van der Waals surface area contributed by atoms with Crippen LogP contribution >= 0.6 is 0 Å². The van der Waals surface area contributed by atoms with Crippen molar-refractivity contribution in [3.8, 4) is 6.07 Å². The number of hydrogen-bond acceptors (Lipinski definition) is 4. The molecule has 0 fully saturated rings. The maximum absolute atomic E-state index is 11.9. The summed E-state index contributed by atoms with van der Waals surface area (Å²) in [5.74, 6) is -0.132. The number of amides is 1. The molecule has 0 spiro atoms. The van der Waals surface area contributed by atoms with Crippen LogP contribution in [0.4, 0.5) is 11.4 Å². The predicted octanol–water partition coefficient (Wildman–Crippen LogP) is 2.84. The van der Waals surface area contributed by atoms with Crippen molar-refractivity contribution in [1.82, 2.24) is 10.3 Å². The Hall–Kier alpha value is -2.87. The molecular weight excluding hydrogens is 264 g/mol. The summed E-state index contributed by atoms with van der Waals surface area (Å²) in [6, 6.07) is 10.9. The molecular formula is C16H16N4O. The topological polar surface area (TPSA) is 77.8 Å². The second kappa shape index (κ2) is 7.06. The van der Waals surface area contributed by atoms with E-state index in [0.29, 0.717) is 17.7 Å². The number of benzene rings is 1. The van der Waals surface area contributed by atoms with Gasteiger partial charge in [-0.05, 0) is 36.8 Å². The Morgan fingerprint density at radius 2 is 2.00 bits per heavy atom. The lowest BCUT2D eigenvalue weighted by atomic mass is 10.2. The molecule has 1 heterocycles. The number of rotatable bonds is 5. The van der Waals surface area contributed by atoms with E-state index in [0.717, 1.165) is 17.8 Å². The Morgan fingerprint density at radius 3 is 2.67 bits per heavy atom. The van der Waals surface area contributed by atoms with Gasteiger partial charge in [0.15, 0.2) is 0 Å². The molecule has 0 aliphatic rings. The molecule has 106 valence electrons. The summed E-state index contributed by atoms with van der Waals surface area (Å²) in [4.78, 5) is 15.9. The average molecular weight is 280 g/mol. The van der Waals surface area contributed by atoms with Crippen LogP contribution < -0.4 is 10.6 Å². The predicted molar refractivity (Wildman–Crippen MR) is 81.3 cm³/mol. The highest BCUT2D eigenvalue weighted by Crippen LogP contribution is 2.17. The molecule has 1 aromatic heterocycles. The molecule has 5 heteroatoms. The second-order valence-electron chi connectivity index (χ2n) is 4.53. The summed E-state index contributed by atoms with van der Waals surface area (Å²) in [6.45, 7) is 2.65. The lowest BCUT2D eigenvalue weighted by Crippen LogP contribution is -2.24. The summed E-state index contributed by atoms with van der Waals surface area (Å²) in [6.07, 6.45) is 4.08. The highest BCUT2D eigenvalue weighted by atomic mass is 16.1. The molecule has 2 aromatic rings. The molecule has 5 nitrogen and oxygen atoms in total. The zero-order valence-corrected chi connectivity index (χ0v) is 11.8. The van der Waals surface area contributed by atoms with Gasteiger partial charge in [0.1, 0.15) is 0 Å². The first-order valence-electron chi connectivity index (χ1n) is 6.73. The zero-order chi connectivity index (χ0) is 15.1. The molecule has 2 N–H and O–H groups in total. The van der Waals surface area contributed by atoms with Crippen LogP contribution in [0, 0.1) is 11.3 Å². The van der Waals surface area contributed by atoms with E-state index in [1.165, 1.54) is 6.20 Å². The Bertz CT molecular complexity index is 659. The van der Waals surface area contributed by atoms with Crippen LogP contribution in [-0.4, -0.2) is 17.4 Å². The first kappa shape index (κ1) is 14.5. The van der Waals surface area contributed by atoms with E-state index in [-0.39, 0.29) is 5.91 Å². The summed E-state index contributed by atoms with van der Waals surface area (Å²) in [5.41, 5.74) is 2.68. The minimum absolute atomic E-state index is 0.132. The summed E-state index contributed by atoms with van der Waals surface area (Å²) in [5, 5.41) is 14.7. The molecule has 1 amide bonds. The van der Waals surface area contributed by atoms with Gasteiger partial charge in [0.2, 0.25) is 0 Å². The van der Waals surface area contributed by atoms with Gasteiger partial charge in [-0.2, -0.15) is 5.26 Å². The summed E-state index contributed by atoms with van der Waals surface area (Å²) < 4.78 is 0. The number of hydrogen-bond donors (Lipinski definition) is 2. The van der Waals surface area contributed by atoms with Crippen LogP contribution in [0.15, 0.2) is 42.7 Å². The van der Waals surface area contributed by atoms with Crippen LogP contribution in [0.25, 0.3) is 0 Å². The monoisotopic (exact) mass is 280 g/mol. The molecule has 0 bridgehead atoms. The summed E-state index contributed by atoms with van der Waals surface area (Å²) >= 11 is 0. The number of carbonyl (C=O) groups excluding carboxylic acids is 1. The number of nitrogens with zero attached hydrogens (tertiary/aromatic N) is 2. The lowest BCUT2D eigenvalue weighted by Gasteiger charge is -2.08. The van der Waals surface area contributed by atoms with E-state index in [1.54, 1.807) is 24.4 Å². The van der Waals surface area contributed by atoms with Crippen molar-refractivity contribution < 1.29 is 4.79 Å². The minimum Gasteiger partial charge on any atom is -0.354 e. The van der Waals surface area contributed by atoms with Gasteiger partial charge in [0.25, 0.3) is 5.91 Å². The number of pyridine rings is 1. The van der Waals surface area contributed by atoms with E-state index >= 15 is 0 Å². The maximum atomic E-state index is 11.9. The van der Waals surface area contributed by atoms with Gasteiger partial charge < -0.3 is 10.6 Å². The fraction of sp³-hybridized carbons (Fsp3) is 0.188. The van der Waals surface area contributed by atoms with E-state index < -0.39 is 0 Å². The number of anilines is 2. The van der Waals surface area contributed by atoms with Gasteiger partial charge in [-0.15, -0.1) is 0 Å². The molecule has 0 radical (unpaired) electrons. The SMILES string of the molecule is CCCNC(=O)c1cncc(Nc2ccc(C#N)cc2)c1. The summed E-state index contributed by atoms with van der Waals surface area (Å²) in [7, 11) is 0. The van der Waals surface area contributed by atoms with Gasteiger partial charge in [0, 0.05) is 18.4 Å². The third kappa shape index (κ3) is 4.05. The molecule has 2 rings (SSSR count). The van der Waals surface area contributed by atoms with Crippen LogP contribution in [0.1, 0.15) is 29.3 Å². The third-order valence-corrected chi connectivity index (χ3v) is 2.84. The van der Waals surface area contributed by atoms with E-state index in [2.05, 4.69) is 21.7 Å². The second-order valence-corrected chi connectivity index (χ2v) is 4.53. The fourth-order valence-electron chi connectivity index (χ4n) is 1.77. The van der Waals surface area contributed by atoms with Gasteiger partial charge in [-0.3, -0.25) is 9.78 Å². The quantitative estimate of drug-likeness (QED) is 0.882. The average Bonchev–Trinajstić information content (AvgIpc) is 2.53. The largest absolute Gasteiger partial charge is 0.354 e. The molecule has 0 saturated carbocycles. The van der Waals surface area contributed by atoms with Crippen molar-refractivity contribution in [1.29, 1.82) is 5.26 Å². The molecule has 1 aromatic carbocycles. The first-order chi connectivity index (χ1) is 10.2. The minimum atomic E-state index is -0.132. The Morgan fingerprint density at radius 1 is 1.24 bits per heavy atom. The Balaban J connectivity index is 2.10. The van der Waals surface area contributed by atoms with E-state index in [9.17, 15) is 4.79 Å². The lowest BCUT2D eigenvalue weighted by molar-refractivity contribution is 0.0953. The Kier molecular flexibility index (Phi) is 4.89. The van der Waals surface area contributed by atoms with Crippen LogP contribution in [0.5, 0.6) is 0 Å². The smallest absolute Gasteiger partial charge is 0.252 e. The number of aromatic nitrogens is 1. The van der Waals surface area contributed by atoms with E-state index in [4.69, 9.17) is 5.26 Å². The van der Waals surface area contributed by atoms with E-state index in [1.807, 2.05) is 19.1 Å². The van der Waals surface area contributed by atoms with Gasteiger partial charge >= 0.3 is 0 Å². The number of carbonyl (C=O) groups is 1. The van der Waals surface area contributed by atoms with Crippen molar-refractivity contribution in [2.45, 2.75) is 13.3 Å². The molecule has 0 unspecified atom stereocenters. The van der Waals surface area contributed by atoms with Gasteiger partial charge in [-0.25, -0.2) is 0 Å². The number of nitriles is 1. The van der Waals surface area contributed by atoms with Crippen molar-refractivity contribution >= 4 is 17.3 Å². The molecule has 0 aliphatic heterocycles. The van der Waals surface area contributed by atoms with Gasteiger partial charge in [0.05, 0.1) is 29.1 Å². The highest BCUT2D eigenvalue weighted by Gasteiger charge is 2.06. The normalized spacial score (nSPS) is 9.71. The van der Waals surface area contributed by atoms with Crippen LogP contribution in [0.3, 0.4) is 0 Å². The molecule has 0 atom stereocenters. The molecule has 0 saturated heterocycles.